The molecule has 0 unspecified atom stereocenters. The third kappa shape index (κ3) is 11.5. The topological polar surface area (TPSA) is 18.5 Å². The van der Waals surface area contributed by atoms with Gasteiger partial charge in [0.2, 0.25) is 0 Å². The summed E-state index contributed by atoms with van der Waals surface area (Å²) in [5.74, 6) is 11.5. The van der Waals surface area contributed by atoms with Crippen molar-refractivity contribution in [3.8, 4) is 23.7 Å². The predicted molar refractivity (Wildman–Crippen MR) is 76.2 cm³/mol. The van der Waals surface area contributed by atoms with Gasteiger partial charge >= 0.3 is 0 Å². The number of hydrogen-bond acceptors (Lipinski definition) is 2. The zero-order valence-electron chi connectivity index (χ0n) is 12.2. The Kier molecular flexibility index (Phi) is 11.8. The van der Waals surface area contributed by atoms with Crippen molar-refractivity contribution in [3.63, 3.8) is 0 Å². The molecular formula is C16H26O2. The normalized spacial score (nSPS) is 12.9. The first-order valence-corrected chi connectivity index (χ1v) is 6.73. The minimum atomic E-state index is 0.299. The van der Waals surface area contributed by atoms with Crippen LogP contribution in [0.25, 0.3) is 0 Å². The molecule has 0 N–H and O–H groups in total. The van der Waals surface area contributed by atoms with Gasteiger partial charge in [-0.2, -0.15) is 0 Å². The van der Waals surface area contributed by atoms with Crippen LogP contribution in [0.1, 0.15) is 53.4 Å². The zero-order chi connectivity index (χ0) is 13.6. The number of ether oxygens (including phenoxy) is 2. The molecule has 0 spiro atoms. The molecular weight excluding hydrogens is 224 g/mol. The molecule has 0 aromatic carbocycles. The van der Waals surface area contributed by atoms with Gasteiger partial charge < -0.3 is 9.47 Å². The van der Waals surface area contributed by atoms with E-state index in [0.29, 0.717) is 25.4 Å². The van der Waals surface area contributed by atoms with Crippen molar-refractivity contribution in [1.29, 1.82) is 0 Å². The fourth-order valence-electron chi connectivity index (χ4n) is 1.54. The smallest absolute Gasteiger partial charge is 0.108 e. The molecule has 0 radical (unpaired) electrons. The lowest BCUT2D eigenvalue weighted by molar-refractivity contribution is 0.0726. The van der Waals surface area contributed by atoms with E-state index in [1.807, 2.05) is 13.8 Å². The molecule has 0 aliphatic carbocycles. The summed E-state index contributed by atoms with van der Waals surface area (Å²) in [6.07, 6.45) is 5.13. The van der Waals surface area contributed by atoms with Crippen LogP contribution in [0.4, 0.5) is 0 Å². The van der Waals surface area contributed by atoms with Gasteiger partial charge in [-0.25, -0.2) is 0 Å². The quantitative estimate of drug-likeness (QED) is 0.461. The summed E-state index contributed by atoms with van der Waals surface area (Å²) in [4.78, 5) is 0. The van der Waals surface area contributed by atoms with Crippen LogP contribution in [0.2, 0.25) is 0 Å². The van der Waals surface area contributed by atoms with E-state index in [9.17, 15) is 0 Å². The Balaban J connectivity index is 3.41. The van der Waals surface area contributed by atoms with Gasteiger partial charge in [-0.1, -0.05) is 24.7 Å². The van der Waals surface area contributed by atoms with E-state index in [0.717, 1.165) is 12.8 Å². The van der Waals surface area contributed by atoms with Gasteiger partial charge in [0.15, 0.2) is 0 Å². The lowest BCUT2D eigenvalue weighted by atomic mass is 10.1. The van der Waals surface area contributed by atoms with E-state index in [4.69, 9.17) is 9.47 Å². The molecule has 0 aliphatic heterocycles. The maximum absolute atomic E-state index is 5.55. The van der Waals surface area contributed by atoms with Crippen molar-refractivity contribution in [1.82, 2.24) is 0 Å². The highest BCUT2D eigenvalue weighted by Gasteiger charge is 2.04. The minimum absolute atomic E-state index is 0.299. The molecule has 0 saturated heterocycles. The average molecular weight is 250 g/mol. The third-order valence-electron chi connectivity index (χ3n) is 2.70. The Labute approximate surface area is 112 Å². The summed E-state index contributed by atoms with van der Waals surface area (Å²) < 4.78 is 11.1. The molecule has 0 aromatic rings. The highest BCUT2D eigenvalue weighted by Crippen LogP contribution is 2.09. The summed E-state index contributed by atoms with van der Waals surface area (Å²) in [6.45, 7) is 8.97. The van der Waals surface area contributed by atoms with Crippen LogP contribution in [0.5, 0.6) is 0 Å². The van der Waals surface area contributed by atoms with E-state index in [1.54, 1.807) is 0 Å². The fraction of sp³-hybridized carbons (Fsp3) is 0.750. The molecule has 2 heteroatoms. The zero-order valence-corrected chi connectivity index (χ0v) is 12.2. The largest absolute Gasteiger partial charge is 0.366 e. The highest BCUT2D eigenvalue weighted by molar-refractivity contribution is 4.95. The number of hydrogen-bond donors (Lipinski definition) is 0. The van der Waals surface area contributed by atoms with Crippen LogP contribution in [0.3, 0.4) is 0 Å². The van der Waals surface area contributed by atoms with E-state index < -0.39 is 0 Å². The van der Waals surface area contributed by atoms with Gasteiger partial charge in [0.25, 0.3) is 0 Å². The Bertz CT molecular complexity index is 269. The van der Waals surface area contributed by atoms with Gasteiger partial charge in [0, 0.05) is 0 Å². The first kappa shape index (κ1) is 17.0. The summed E-state index contributed by atoms with van der Waals surface area (Å²) in [6, 6.07) is 0. The Morgan fingerprint density at radius 2 is 1.17 bits per heavy atom. The predicted octanol–water partition coefficient (Wildman–Crippen LogP) is 3.40. The van der Waals surface area contributed by atoms with Crippen LogP contribution >= 0.6 is 0 Å². The Morgan fingerprint density at radius 1 is 0.778 bits per heavy atom. The molecule has 0 fully saturated rings. The van der Waals surface area contributed by atoms with Gasteiger partial charge in [0.1, 0.15) is 13.2 Å². The summed E-state index contributed by atoms with van der Waals surface area (Å²) in [5.41, 5.74) is 0. The second-order valence-electron chi connectivity index (χ2n) is 4.38. The van der Waals surface area contributed by atoms with Crippen molar-refractivity contribution in [2.45, 2.75) is 65.6 Å². The first-order chi connectivity index (χ1) is 8.70. The minimum Gasteiger partial charge on any atom is -0.366 e. The summed E-state index contributed by atoms with van der Waals surface area (Å²) in [7, 11) is 0. The van der Waals surface area contributed by atoms with E-state index >= 15 is 0 Å². The summed E-state index contributed by atoms with van der Waals surface area (Å²) in [5, 5.41) is 0. The maximum atomic E-state index is 5.55. The van der Waals surface area contributed by atoms with Gasteiger partial charge in [-0.3, -0.25) is 0 Å². The van der Waals surface area contributed by atoms with Crippen molar-refractivity contribution >= 4 is 0 Å². The van der Waals surface area contributed by atoms with Gasteiger partial charge in [0.05, 0.1) is 12.2 Å². The second kappa shape index (κ2) is 12.5. The van der Waals surface area contributed by atoms with Crippen molar-refractivity contribution in [2.75, 3.05) is 13.2 Å². The Hall–Kier alpha value is -0.960. The van der Waals surface area contributed by atoms with Crippen LogP contribution in [0, 0.1) is 23.7 Å². The van der Waals surface area contributed by atoms with Crippen LogP contribution < -0.4 is 0 Å². The van der Waals surface area contributed by atoms with E-state index in [1.165, 1.54) is 12.8 Å². The maximum Gasteiger partial charge on any atom is 0.108 e. The van der Waals surface area contributed by atoms with Crippen LogP contribution in [-0.4, -0.2) is 25.4 Å². The van der Waals surface area contributed by atoms with Gasteiger partial charge in [-0.15, -0.1) is 11.8 Å². The lowest BCUT2D eigenvalue weighted by Crippen LogP contribution is -2.10. The molecule has 2 nitrogen and oxygen atoms in total. The molecule has 18 heavy (non-hydrogen) atoms. The molecule has 0 saturated carbocycles. The van der Waals surface area contributed by atoms with Crippen molar-refractivity contribution in [3.05, 3.63) is 0 Å². The molecule has 0 rings (SSSR count). The van der Waals surface area contributed by atoms with E-state index in [-0.39, 0.29) is 0 Å². The monoisotopic (exact) mass is 250 g/mol. The third-order valence-corrected chi connectivity index (χ3v) is 2.70. The number of unbranched alkanes of at least 4 members (excludes halogenated alkanes) is 1. The molecule has 2 atom stereocenters. The Morgan fingerprint density at radius 3 is 1.50 bits per heavy atom. The average Bonchev–Trinajstić information content (AvgIpc) is 2.35. The van der Waals surface area contributed by atoms with Gasteiger partial charge in [-0.05, 0) is 40.5 Å². The van der Waals surface area contributed by atoms with Crippen molar-refractivity contribution < 1.29 is 9.47 Å². The molecule has 0 amide bonds. The molecule has 0 aromatic heterocycles. The van der Waals surface area contributed by atoms with Crippen molar-refractivity contribution in [2.24, 2.45) is 0 Å². The van der Waals surface area contributed by atoms with Crippen LogP contribution in [-0.2, 0) is 9.47 Å². The molecule has 102 valence electrons. The highest BCUT2D eigenvalue weighted by atomic mass is 16.5. The van der Waals surface area contributed by atoms with Crippen LogP contribution in [0.15, 0.2) is 0 Å². The molecule has 0 heterocycles. The number of rotatable bonds is 9. The molecule has 0 aliphatic rings. The lowest BCUT2D eigenvalue weighted by Gasteiger charge is -2.13. The second-order valence-corrected chi connectivity index (χ2v) is 4.38. The first-order valence-electron chi connectivity index (χ1n) is 6.73. The van der Waals surface area contributed by atoms with E-state index in [2.05, 4.69) is 37.5 Å². The fourth-order valence-corrected chi connectivity index (χ4v) is 1.54. The standard InChI is InChI=1S/C16H26O2/c1-5-7-13-17-15(3)11-9-10-12-16(4)18-14-8-6-2/h15-16H,9-14H2,1-4H3/t15-,16-/m1/s1. The summed E-state index contributed by atoms with van der Waals surface area (Å²) >= 11 is 0. The molecule has 0 bridgehead atoms. The SMILES string of the molecule is CC#CCO[C@H](C)CCCC[C@@H](C)OCC#CC.